The SMILES string of the molecule is Cc1cccc(-c2[nH]cnc2-c2ccc3ncc(-c4nccc(C(=O)O[C@H]5CCNC5)n4)cc3c2)n1. The van der Waals surface area contributed by atoms with Gasteiger partial charge in [-0.2, -0.15) is 0 Å². The zero-order valence-corrected chi connectivity index (χ0v) is 19.6. The van der Waals surface area contributed by atoms with Gasteiger partial charge in [-0.25, -0.2) is 19.7 Å². The molecule has 0 bridgehead atoms. The van der Waals surface area contributed by atoms with Crippen LogP contribution in [0.3, 0.4) is 0 Å². The molecule has 0 saturated carbocycles. The minimum absolute atomic E-state index is 0.126. The van der Waals surface area contributed by atoms with Gasteiger partial charge in [-0.05, 0) is 56.3 Å². The number of aromatic amines is 1. The van der Waals surface area contributed by atoms with Crippen LogP contribution in [0.1, 0.15) is 22.6 Å². The highest BCUT2D eigenvalue weighted by Gasteiger charge is 2.21. The van der Waals surface area contributed by atoms with E-state index >= 15 is 0 Å². The number of benzene rings is 1. The average Bonchev–Trinajstić information content (AvgIpc) is 3.61. The molecule has 5 aromatic rings. The van der Waals surface area contributed by atoms with Crippen LogP contribution in [0.5, 0.6) is 0 Å². The van der Waals surface area contributed by atoms with E-state index in [-0.39, 0.29) is 11.8 Å². The summed E-state index contributed by atoms with van der Waals surface area (Å²) in [5.41, 5.74) is 6.14. The number of aryl methyl sites for hydroxylation is 1. The van der Waals surface area contributed by atoms with E-state index in [9.17, 15) is 4.79 Å². The number of nitrogens with zero attached hydrogens (tertiary/aromatic N) is 5. The number of hydrogen-bond acceptors (Lipinski definition) is 8. The van der Waals surface area contributed by atoms with Crippen LogP contribution in [-0.4, -0.2) is 55.1 Å². The van der Waals surface area contributed by atoms with Crippen molar-refractivity contribution in [3.8, 4) is 34.0 Å². The van der Waals surface area contributed by atoms with Crippen LogP contribution in [0.25, 0.3) is 44.9 Å². The van der Waals surface area contributed by atoms with E-state index < -0.39 is 5.97 Å². The van der Waals surface area contributed by atoms with Gasteiger partial charge in [0.1, 0.15) is 6.10 Å². The maximum Gasteiger partial charge on any atom is 0.357 e. The van der Waals surface area contributed by atoms with Gasteiger partial charge in [0.05, 0.1) is 28.9 Å². The van der Waals surface area contributed by atoms with Gasteiger partial charge in [0.15, 0.2) is 11.5 Å². The number of hydrogen-bond donors (Lipinski definition) is 2. The van der Waals surface area contributed by atoms with Crippen molar-refractivity contribution >= 4 is 16.9 Å². The number of carbonyl (C=O) groups is 1. The van der Waals surface area contributed by atoms with E-state index in [0.717, 1.165) is 52.2 Å². The van der Waals surface area contributed by atoms with Crippen molar-refractivity contribution in [1.29, 1.82) is 0 Å². The first-order valence-corrected chi connectivity index (χ1v) is 11.8. The average molecular weight is 478 g/mol. The molecule has 0 aliphatic carbocycles. The molecule has 0 amide bonds. The molecule has 0 spiro atoms. The van der Waals surface area contributed by atoms with Gasteiger partial charge in [-0.1, -0.05) is 12.1 Å². The Labute approximate surface area is 207 Å². The minimum Gasteiger partial charge on any atom is -0.456 e. The largest absolute Gasteiger partial charge is 0.456 e. The Kier molecular flexibility index (Phi) is 5.67. The number of carbonyl (C=O) groups excluding carboxylic acids is 1. The molecule has 0 radical (unpaired) electrons. The summed E-state index contributed by atoms with van der Waals surface area (Å²) in [4.78, 5) is 38.4. The molecule has 1 aliphatic heterocycles. The number of ether oxygens (including phenoxy) is 1. The van der Waals surface area contributed by atoms with Gasteiger partial charge in [0, 0.05) is 41.1 Å². The Balaban J connectivity index is 1.33. The summed E-state index contributed by atoms with van der Waals surface area (Å²) >= 11 is 0. The monoisotopic (exact) mass is 477 g/mol. The third-order valence-corrected chi connectivity index (χ3v) is 6.15. The number of esters is 1. The van der Waals surface area contributed by atoms with E-state index in [1.807, 2.05) is 49.4 Å². The van der Waals surface area contributed by atoms with Crippen LogP contribution >= 0.6 is 0 Å². The summed E-state index contributed by atoms with van der Waals surface area (Å²) in [5, 5.41) is 4.09. The normalized spacial score (nSPS) is 15.3. The topological polar surface area (TPSA) is 119 Å². The second-order valence-electron chi connectivity index (χ2n) is 8.71. The molecule has 9 nitrogen and oxygen atoms in total. The Morgan fingerprint density at radius 2 is 1.94 bits per heavy atom. The highest BCUT2D eigenvalue weighted by molar-refractivity contribution is 5.90. The summed E-state index contributed by atoms with van der Waals surface area (Å²) in [6, 6.07) is 15.4. The van der Waals surface area contributed by atoms with Gasteiger partial charge in [0.25, 0.3) is 0 Å². The molecule has 36 heavy (non-hydrogen) atoms. The fraction of sp³-hybridized carbons (Fsp3) is 0.185. The van der Waals surface area contributed by atoms with Crippen molar-refractivity contribution in [2.24, 2.45) is 0 Å². The fourth-order valence-electron chi connectivity index (χ4n) is 4.34. The molecule has 178 valence electrons. The number of pyridine rings is 2. The molecule has 1 aromatic carbocycles. The molecule has 0 unspecified atom stereocenters. The Bertz CT molecular complexity index is 1570. The molecular formula is C27H23N7O2. The smallest absolute Gasteiger partial charge is 0.357 e. The number of rotatable bonds is 5. The van der Waals surface area contributed by atoms with Crippen LogP contribution in [0.2, 0.25) is 0 Å². The van der Waals surface area contributed by atoms with Gasteiger partial charge in [0.2, 0.25) is 0 Å². The first-order chi connectivity index (χ1) is 17.6. The number of imidazole rings is 1. The first-order valence-electron chi connectivity index (χ1n) is 11.8. The number of nitrogens with one attached hydrogen (secondary N) is 2. The van der Waals surface area contributed by atoms with Gasteiger partial charge >= 0.3 is 5.97 Å². The summed E-state index contributed by atoms with van der Waals surface area (Å²) in [7, 11) is 0. The maximum atomic E-state index is 12.6. The maximum absolute atomic E-state index is 12.6. The molecule has 9 heteroatoms. The standard InChI is InChI=1S/C27H23N7O2/c1-16-3-2-4-22(33-16)25-24(31-15-32-25)17-5-6-21-18(11-17)12-19(13-30-21)26-29-10-8-23(34-26)27(35)36-20-7-9-28-14-20/h2-6,8,10-13,15,20,28H,7,9,14H2,1H3,(H,31,32)/t20-/m0/s1. The molecule has 6 rings (SSSR count). The lowest BCUT2D eigenvalue weighted by molar-refractivity contribution is 0.0337. The number of H-pyrrole nitrogens is 1. The van der Waals surface area contributed by atoms with Crippen molar-refractivity contribution in [2.45, 2.75) is 19.4 Å². The van der Waals surface area contributed by atoms with E-state index in [1.54, 1.807) is 24.8 Å². The van der Waals surface area contributed by atoms with Crippen LogP contribution < -0.4 is 5.32 Å². The minimum atomic E-state index is -0.445. The number of aromatic nitrogens is 6. The van der Waals surface area contributed by atoms with E-state index in [2.05, 4.69) is 35.2 Å². The summed E-state index contributed by atoms with van der Waals surface area (Å²) < 4.78 is 5.55. The third kappa shape index (κ3) is 4.32. The highest BCUT2D eigenvalue weighted by Crippen LogP contribution is 2.31. The molecule has 2 N–H and O–H groups in total. The second kappa shape index (κ2) is 9.27. The molecule has 5 heterocycles. The molecule has 1 saturated heterocycles. The molecule has 4 aromatic heterocycles. The predicted molar refractivity (Wildman–Crippen MR) is 135 cm³/mol. The van der Waals surface area contributed by atoms with Crippen molar-refractivity contribution < 1.29 is 9.53 Å². The van der Waals surface area contributed by atoms with Crippen LogP contribution in [0.4, 0.5) is 0 Å². The fourth-order valence-corrected chi connectivity index (χ4v) is 4.34. The molecule has 1 atom stereocenters. The lowest BCUT2D eigenvalue weighted by atomic mass is 10.0. The lowest BCUT2D eigenvalue weighted by Gasteiger charge is -2.10. The predicted octanol–water partition coefficient (Wildman–Crippen LogP) is 3.97. The van der Waals surface area contributed by atoms with Gasteiger partial charge in [-0.3, -0.25) is 9.97 Å². The molecule has 1 aliphatic rings. The van der Waals surface area contributed by atoms with E-state index in [1.165, 1.54) is 0 Å². The molecule has 1 fully saturated rings. The second-order valence-corrected chi connectivity index (χ2v) is 8.71. The third-order valence-electron chi connectivity index (χ3n) is 6.15. The zero-order chi connectivity index (χ0) is 24.5. The Morgan fingerprint density at radius 1 is 1.03 bits per heavy atom. The summed E-state index contributed by atoms with van der Waals surface area (Å²) in [6.07, 6.45) is 5.63. The molecular weight excluding hydrogens is 454 g/mol. The van der Waals surface area contributed by atoms with E-state index in [4.69, 9.17) is 4.74 Å². The van der Waals surface area contributed by atoms with Gasteiger partial charge < -0.3 is 15.0 Å². The highest BCUT2D eigenvalue weighted by atomic mass is 16.5. The van der Waals surface area contributed by atoms with Crippen molar-refractivity contribution in [3.05, 3.63) is 78.6 Å². The summed E-state index contributed by atoms with van der Waals surface area (Å²) in [5.74, 6) is -0.0302. The van der Waals surface area contributed by atoms with Crippen molar-refractivity contribution in [3.63, 3.8) is 0 Å². The van der Waals surface area contributed by atoms with Gasteiger partial charge in [-0.15, -0.1) is 0 Å². The Morgan fingerprint density at radius 3 is 2.81 bits per heavy atom. The van der Waals surface area contributed by atoms with Crippen LogP contribution in [-0.2, 0) is 4.74 Å². The van der Waals surface area contributed by atoms with Crippen LogP contribution in [0.15, 0.2) is 67.3 Å². The first kappa shape index (κ1) is 22.0. The van der Waals surface area contributed by atoms with Crippen molar-refractivity contribution in [1.82, 2.24) is 35.2 Å². The summed E-state index contributed by atoms with van der Waals surface area (Å²) in [6.45, 7) is 3.47. The van der Waals surface area contributed by atoms with E-state index in [0.29, 0.717) is 17.9 Å². The zero-order valence-electron chi connectivity index (χ0n) is 19.6. The number of fused-ring (bicyclic) bond motifs is 1. The lowest BCUT2D eigenvalue weighted by Crippen LogP contribution is -2.21. The Hall–Kier alpha value is -4.50. The van der Waals surface area contributed by atoms with Crippen molar-refractivity contribution in [2.75, 3.05) is 13.1 Å². The quantitative estimate of drug-likeness (QED) is 0.365. The van der Waals surface area contributed by atoms with Crippen LogP contribution in [0, 0.1) is 6.92 Å².